The molecule has 0 saturated heterocycles. The molecule has 1 aliphatic carbocycles. The smallest absolute Gasteiger partial charge is 0.124 e. The molecule has 1 saturated carbocycles. The van der Waals surface area contributed by atoms with Crippen molar-refractivity contribution < 1.29 is 4.74 Å². The summed E-state index contributed by atoms with van der Waals surface area (Å²) >= 11 is 5.96. The average molecular weight is 265 g/mol. The predicted molar refractivity (Wildman–Crippen MR) is 71.4 cm³/mol. The second kappa shape index (κ2) is 5.17. The molecule has 0 heterocycles. The monoisotopic (exact) mass is 264 g/mol. The standard InChI is InChI=1S/C14H17ClN2O/c1-10(17)12-8-11(15)2-3-13(12)18-9-14(4-5-14)6-7-16/h2-3,8,10H,4-6,9,17H2,1H3/t10-/m1/s1. The van der Waals surface area contributed by atoms with Crippen LogP contribution in [0.25, 0.3) is 0 Å². The summed E-state index contributed by atoms with van der Waals surface area (Å²) in [7, 11) is 0. The van der Waals surface area contributed by atoms with Crippen molar-refractivity contribution in [2.45, 2.75) is 32.2 Å². The zero-order valence-electron chi connectivity index (χ0n) is 10.4. The van der Waals surface area contributed by atoms with Gasteiger partial charge in [-0.1, -0.05) is 11.6 Å². The molecule has 1 aromatic carbocycles. The van der Waals surface area contributed by atoms with E-state index in [0.717, 1.165) is 24.2 Å². The van der Waals surface area contributed by atoms with E-state index in [1.807, 2.05) is 19.1 Å². The van der Waals surface area contributed by atoms with Gasteiger partial charge >= 0.3 is 0 Å². The lowest BCUT2D eigenvalue weighted by molar-refractivity contribution is 0.234. The van der Waals surface area contributed by atoms with Crippen molar-refractivity contribution in [3.8, 4) is 11.8 Å². The molecule has 0 aliphatic heterocycles. The largest absolute Gasteiger partial charge is 0.493 e. The number of hydrogen-bond donors (Lipinski definition) is 1. The number of rotatable bonds is 5. The highest BCUT2D eigenvalue weighted by Gasteiger charge is 2.43. The van der Waals surface area contributed by atoms with Crippen LogP contribution in [0.4, 0.5) is 0 Å². The van der Waals surface area contributed by atoms with Gasteiger partial charge in [0.1, 0.15) is 5.75 Å². The Morgan fingerprint density at radius 2 is 2.28 bits per heavy atom. The predicted octanol–water partition coefficient (Wildman–Crippen LogP) is 3.43. The first-order valence-electron chi connectivity index (χ1n) is 6.11. The highest BCUT2D eigenvalue weighted by atomic mass is 35.5. The molecule has 2 rings (SSSR count). The van der Waals surface area contributed by atoms with Crippen molar-refractivity contribution in [1.82, 2.24) is 0 Å². The minimum atomic E-state index is -0.121. The van der Waals surface area contributed by atoms with E-state index in [2.05, 4.69) is 6.07 Å². The summed E-state index contributed by atoms with van der Waals surface area (Å²) in [6.07, 6.45) is 2.71. The van der Waals surface area contributed by atoms with Gasteiger partial charge in [0, 0.05) is 28.5 Å². The molecule has 1 aromatic rings. The molecule has 2 N–H and O–H groups in total. The van der Waals surface area contributed by atoms with Gasteiger partial charge in [0.05, 0.1) is 12.7 Å². The zero-order chi connectivity index (χ0) is 13.2. The van der Waals surface area contributed by atoms with Gasteiger partial charge in [-0.25, -0.2) is 0 Å². The van der Waals surface area contributed by atoms with Gasteiger partial charge in [0.25, 0.3) is 0 Å². The quantitative estimate of drug-likeness (QED) is 0.886. The molecule has 1 atom stereocenters. The minimum Gasteiger partial charge on any atom is -0.493 e. The van der Waals surface area contributed by atoms with E-state index in [1.165, 1.54) is 0 Å². The number of nitriles is 1. The number of nitrogens with two attached hydrogens (primary N) is 1. The number of benzene rings is 1. The molecule has 1 fully saturated rings. The van der Waals surface area contributed by atoms with Crippen LogP contribution in [0.15, 0.2) is 18.2 Å². The SMILES string of the molecule is C[C@@H](N)c1cc(Cl)ccc1OCC1(CC#N)CC1. The highest BCUT2D eigenvalue weighted by Crippen LogP contribution is 2.49. The number of hydrogen-bond acceptors (Lipinski definition) is 3. The fraction of sp³-hybridized carbons (Fsp3) is 0.500. The van der Waals surface area contributed by atoms with Crippen LogP contribution < -0.4 is 10.5 Å². The van der Waals surface area contributed by atoms with E-state index in [1.54, 1.807) is 6.07 Å². The maximum absolute atomic E-state index is 8.78. The van der Waals surface area contributed by atoms with E-state index in [0.29, 0.717) is 18.1 Å². The Kier molecular flexibility index (Phi) is 3.79. The zero-order valence-corrected chi connectivity index (χ0v) is 11.2. The van der Waals surface area contributed by atoms with E-state index >= 15 is 0 Å². The lowest BCUT2D eigenvalue weighted by Crippen LogP contribution is -2.15. The first-order valence-corrected chi connectivity index (χ1v) is 6.49. The third kappa shape index (κ3) is 2.95. The van der Waals surface area contributed by atoms with Crippen molar-refractivity contribution in [3.05, 3.63) is 28.8 Å². The van der Waals surface area contributed by atoms with Crippen molar-refractivity contribution in [2.24, 2.45) is 11.1 Å². The maximum atomic E-state index is 8.78. The number of ether oxygens (including phenoxy) is 1. The van der Waals surface area contributed by atoms with Crippen LogP contribution in [0.2, 0.25) is 5.02 Å². The second-order valence-electron chi connectivity index (χ2n) is 5.09. The van der Waals surface area contributed by atoms with Crippen LogP contribution in [-0.4, -0.2) is 6.61 Å². The molecule has 3 nitrogen and oxygen atoms in total. The molecule has 0 radical (unpaired) electrons. The first kappa shape index (κ1) is 13.2. The summed E-state index contributed by atoms with van der Waals surface area (Å²) in [5.74, 6) is 0.776. The number of nitrogens with zero attached hydrogens (tertiary/aromatic N) is 1. The molecule has 96 valence electrons. The lowest BCUT2D eigenvalue weighted by atomic mass is 10.0. The summed E-state index contributed by atoms with van der Waals surface area (Å²) in [5.41, 5.74) is 6.89. The van der Waals surface area contributed by atoms with Crippen LogP contribution in [-0.2, 0) is 0 Å². The van der Waals surface area contributed by atoms with Gasteiger partial charge in [-0.3, -0.25) is 0 Å². The van der Waals surface area contributed by atoms with Crippen molar-refractivity contribution >= 4 is 11.6 Å². The second-order valence-corrected chi connectivity index (χ2v) is 5.53. The van der Waals surface area contributed by atoms with Gasteiger partial charge in [0.15, 0.2) is 0 Å². The maximum Gasteiger partial charge on any atom is 0.124 e. The molecular weight excluding hydrogens is 248 g/mol. The summed E-state index contributed by atoms with van der Waals surface area (Å²) in [4.78, 5) is 0. The van der Waals surface area contributed by atoms with Crippen LogP contribution in [0.1, 0.15) is 37.8 Å². The molecule has 0 aromatic heterocycles. The van der Waals surface area contributed by atoms with Gasteiger partial charge in [-0.2, -0.15) is 5.26 Å². The third-order valence-corrected chi connectivity index (χ3v) is 3.64. The van der Waals surface area contributed by atoms with Crippen LogP contribution in [0.3, 0.4) is 0 Å². The summed E-state index contributed by atoms with van der Waals surface area (Å²) in [5, 5.41) is 9.44. The third-order valence-electron chi connectivity index (χ3n) is 3.41. The Bertz CT molecular complexity index is 475. The average Bonchev–Trinajstić information content (AvgIpc) is 3.08. The van der Waals surface area contributed by atoms with E-state index < -0.39 is 0 Å². The Hall–Kier alpha value is -1.24. The fourth-order valence-corrected chi connectivity index (χ4v) is 2.13. The molecule has 1 aliphatic rings. The fourth-order valence-electron chi connectivity index (χ4n) is 1.95. The van der Waals surface area contributed by atoms with E-state index in [4.69, 9.17) is 27.3 Å². The van der Waals surface area contributed by atoms with Gasteiger partial charge in [0.2, 0.25) is 0 Å². The van der Waals surface area contributed by atoms with Crippen molar-refractivity contribution in [3.63, 3.8) is 0 Å². The molecule has 18 heavy (non-hydrogen) atoms. The molecule has 0 amide bonds. The Balaban J connectivity index is 2.08. The van der Waals surface area contributed by atoms with Crippen LogP contribution >= 0.6 is 11.6 Å². The molecule has 0 unspecified atom stereocenters. The topological polar surface area (TPSA) is 59.0 Å². The summed E-state index contributed by atoms with van der Waals surface area (Å²) < 4.78 is 5.84. The normalized spacial score (nSPS) is 17.9. The summed E-state index contributed by atoms with van der Waals surface area (Å²) in [6, 6.07) is 7.59. The first-order chi connectivity index (χ1) is 8.56. The van der Waals surface area contributed by atoms with Crippen LogP contribution in [0.5, 0.6) is 5.75 Å². The highest BCUT2D eigenvalue weighted by molar-refractivity contribution is 6.30. The van der Waals surface area contributed by atoms with Crippen LogP contribution in [0, 0.1) is 16.7 Å². The molecule has 0 spiro atoms. The molecule has 0 bridgehead atoms. The van der Waals surface area contributed by atoms with Gasteiger partial charge in [-0.05, 0) is 38.0 Å². The van der Waals surface area contributed by atoms with Crippen molar-refractivity contribution in [2.75, 3.05) is 6.61 Å². The number of halogens is 1. The molecule has 4 heteroatoms. The van der Waals surface area contributed by atoms with Gasteiger partial charge < -0.3 is 10.5 Å². The van der Waals surface area contributed by atoms with Crippen molar-refractivity contribution in [1.29, 1.82) is 5.26 Å². The minimum absolute atomic E-state index is 0.0729. The molecular formula is C14H17ClN2O. The van der Waals surface area contributed by atoms with E-state index in [-0.39, 0.29) is 11.5 Å². The lowest BCUT2D eigenvalue weighted by Gasteiger charge is -2.17. The van der Waals surface area contributed by atoms with E-state index in [9.17, 15) is 0 Å². The summed E-state index contributed by atoms with van der Waals surface area (Å²) in [6.45, 7) is 2.49. The Labute approximate surface area is 112 Å². The Morgan fingerprint density at radius 1 is 1.56 bits per heavy atom. The Morgan fingerprint density at radius 3 is 2.83 bits per heavy atom. The van der Waals surface area contributed by atoms with Gasteiger partial charge in [-0.15, -0.1) is 0 Å².